The van der Waals surface area contributed by atoms with Crippen molar-refractivity contribution in [3.8, 4) is 0 Å². The quantitative estimate of drug-likeness (QED) is 0.921. The molecule has 0 atom stereocenters. The number of halogens is 1. The number of aromatic nitrogens is 1. The lowest BCUT2D eigenvalue weighted by Crippen LogP contribution is -2.15. The zero-order chi connectivity index (χ0) is 14.0. The molecular formula is C14H13FN2O2. The van der Waals surface area contributed by atoms with Crippen molar-refractivity contribution in [2.75, 3.05) is 11.9 Å². The number of carbonyl (C=O) groups is 1. The molecule has 2 rings (SSSR count). The topological polar surface area (TPSA) is 53.4 Å². The van der Waals surface area contributed by atoms with E-state index >= 15 is 0 Å². The Morgan fingerprint density at radius 3 is 2.47 bits per heavy atom. The van der Waals surface area contributed by atoms with Crippen molar-refractivity contribution >= 4 is 17.5 Å². The van der Waals surface area contributed by atoms with Gasteiger partial charge in [0.1, 0.15) is 5.56 Å². The maximum Gasteiger partial charge on any atom is 0.338 e. The average Bonchev–Trinajstić information content (AvgIpc) is 2.38. The average molecular weight is 260 g/mol. The van der Waals surface area contributed by atoms with Crippen LogP contribution >= 0.6 is 0 Å². The van der Waals surface area contributed by atoms with Gasteiger partial charge < -0.3 is 10.0 Å². The molecule has 5 heteroatoms. The van der Waals surface area contributed by atoms with Gasteiger partial charge in [-0.05, 0) is 25.1 Å². The Labute approximate surface area is 110 Å². The molecule has 19 heavy (non-hydrogen) atoms. The van der Waals surface area contributed by atoms with Crippen molar-refractivity contribution in [3.63, 3.8) is 0 Å². The molecule has 0 bridgehead atoms. The highest BCUT2D eigenvalue weighted by Gasteiger charge is 2.18. The van der Waals surface area contributed by atoms with Crippen LogP contribution in [0.2, 0.25) is 0 Å². The molecular weight excluding hydrogens is 247 g/mol. The van der Waals surface area contributed by atoms with Crippen LogP contribution < -0.4 is 4.90 Å². The molecule has 4 nitrogen and oxygen atoms in total. The molecule has 0 saturated heterocycles. The van der Waals surface area contributed by atoms with Crippen LogP contribution in [0.4, 0.5) is 15.9 Å². The van der Waals surface area contributed by atoms with Crippen LogP contribution in [0.15, 0.2) is 36.5 Å². The Bertz CT molecular complexity index is 611. The lowest BCUT2D eigenvalue weighted by molar-refractivity contribution is 0.0692. The van der Waals surface area contributed by atoms with Crippen LogP contribution in [-0.2, 0) is 0 Å². The number of pyridine rings is 1. The molecule has 0 amide bonds. The summed E-state index contributed by atoms with van der Waals surface area (Å²) in [6, 6.07) is 8.58. The Morgan fingerprint density at radius 1 is 1.26 bits per heavy atom. The zero-order valence-electron chi connectivity index (χ0n) is 10.6. The summed E-state index contributed by atoms with van der Waals surface area (Å²) >= 11 is 0. The largest absolute Gasteiger partial charge is 0.478 e. The smallest absolute Gasteiger partial charge is 0.338 e. The first kappa shape index (κ1) is 13.0. The maximum atomic E-state index is 14.1. The SMILES string of the molecule is Cc1ccc(N(C)c2nccc(C(=O)O)c2F)cc1. The molecule has 1 aromatic heterocycles. The van der Waals surface area contributed by atoms with Gasteiger partial charge in [-0.3, -0.25) is 0 Å². The minimum Gasteiger partial charge on any atom is -0.478 e. The van der Waals surface area contributed by atoms with Crippen LogP contribution in [0.25, 0.3) is 0 Å². The molecule has 0 fully saturated rings. The van der Waals surface area contributed by atoms with Gasteiger partial charge in [-0.1, -0.05) is 17.7 Å². The Balaban J connectivity index is 2.44. The molecule has 0 radical (unpaired) electrons. The predicted octanol–water partition coefficient (Wildman–Crippen LogP) is 3.00. The maximum absolute atomic E-state index is 14.1. The summed E-state index contributed by atoms with van der Waals surface area (Å²) in [5.74, 6) is -2.15. The van der Waals surface area contributed by atoms with E-state index in [0.717, 1.165) is 17.3 Å². The lowest BCUT2D eigenvalue weighted by Gasteiger charge is -2.19. The summed E-state index contributed by atoms with van der Waals surface area (Å²) in [4.78, 5) is 16.3. The van der Waals surface area contributed by atoms with Crippen LogP contribution in [-0.4, -0.2) is 23.1 Å². The molecule has 2 aromatic rings. The minimum atomic E-state index is -1.31. The standard InChI is InChI=1S/C14H13FN2O2/c1-9-3-5-10(6-4-9)17(2)13-12(15)11(14(18)19)7-8-16-13/h3-8H,1-2H3,(H,18,19). The monoisotopic (exact) mass is 260 g/mol. The van der Waals surface area contributed by atoms with Crippen molar-refractivity contribution in [2.45, 2.75) is 6.92 Å². The third kappa shape index (κ3) is 2.54. The van der Waals surface area contributed by atoms with Gasteiger partial charge in [0.05, 0.1) is 0 Å². The fourth-order valence-corrected chi connectivity index (χ4v) is 1.72. The molecule has 0 saturated carbocycles. The summed E-state index contributed by atoms with van der Waals surface area (Å²) in [5.41, 5.74) is 1.44. The summed E-state index contributed by atoms with van der Waals surface area (Å²) in [6.45, 7) is 1.95. The molecule has 98 valence electrons. The van der Waals surface area contributed by atoms with Crippen LogP contribution in [0.1, 0.15) is 15.9 Å². The van der Waals surface area contributed by atoms with Gasteiger partial charge in [-0.2, -0.15) is 0 Å². The zero-order valence-corrected chi connectivity index (χ0v) is 10.6. The first-order valence-corrected chi connectivity index (χ1v) is 5.69. The normalized spacial score (nSPS) is 10.3. The number of rotatable bonds is 3. The number of hydrogen-bond donors (Lipinski definition) is 1. The highest BCUT2D eigenvalue weighted by molar-refractivity contribution is 5.89. The highest BCUT2D eigenvalue weighted by Crippen LogP contribution is 2.25. The molecule has 1 aromatic carbocycles. The summed E-state index contributed by atoms with van der Waals surface area (Å²) < 4.78 is 14.1. The van der Waals surface area contributed by atoms with Crippen molar-refractivity contribution in [2.24, 2.45) is 0 Å². The van der Waals surface area contributed by atoms with E-state index in [4.69, 9.17) is 5.11 Å². The van der Waals surface area contributed by atoms with E-state index in [9.17, 15) is 9.18 Å². The van der Waals surface area contributed by atoms with Crippen molar-refractivity contribution < 1.29 is 14.3 Å². The third-order valence-corrected chi connectivity index (χ3v) is 2.84. The summed E-state index contributed by atoms with van der Waals surface area (Å²) in [7, 11) is 1.64. The second-order valence-electron chi connectivity index (χ2n) is 4.20. The van der Waals surface area contributed by atoms with E-state index < -0.39 is 11.8 Å². The Hall–Kier alpha value is -2.43. The molecule has 0 aliphatic rings. The van der Waals surface area contributed by atoms with E-state index in [1.165, 1.54) is 11.1 Å². The molecule has 0 unspecified atom stereocenters. The van der Waals surface area contributed by atoms with E-state index in [1.54, 1.807) is 7.05 Å². The number of aromatic carboxylic acids is 1. The van der Waals surface area contributed by atoms with Gasteiger partial charge in [-0.25, -0.2) is 14.2 Å². The Kier molecular flexibility index (Phi) is 3.46. The molecule has 0 aliphatic heterocycles. The van der Waals surface area contributed by atoms with Gasteiger partial charge in [0, 0.05) is 18.9 Å². The van der Waals surface area contributed by atoms with Crippen molar-refractivity contribution in [1.29, 1.82) is 0 Å². The predicted molar refractivity (Wildman–Crippen MR) is 70.4 cm³/mol. The molecule has 0 aliphatic carbocycles. The van der Waals surface area contributed by atoms with Crippen LogP contribution in [0.5, 0.6) is 0 Å². The van der Waals surface area contributed by atoms with Crippen molar-refractivity contribution in [1.82, 2.24) is 4.98 Å². The first-order valence-electron chi connectivity index (χ1n) is 5.69. The highest BCUT2D eigenvalue weighted by atomic mass is 19.1. The fraction of sp³-hybridized carbons (Fsp3) is 0.143. The number of hydrogen-bond acceptors (Lipinski definition) is 3. The van der Waals surface area contributed by atoms with Crippen molar-refractivity contribution in [3.05, 3.63) is 53.5 Å². The summed E-state index contributed by atoms with van der Waals surface area (Å²) in [6.07, 6.45) is 1.28. The second-order valence-corrected chi connectivity index (χ2v) is 4.20. The van der Waals surface area contributed by atoms with Gasteiger partial charge in [0.2, 0.25) is 0 Å². The summed E-state index contributed by atoms with van der Waals surface area (Å²) in [5, 5.41) is 8.89. The van der Waals surface area contributed by atoms with Crippen LogP contribution in [0, 0.1) is 12.7 Å². The van der Waals surface area contributed by atoms with Gasteiger partial charge in [0.25, 0.3) is 0 Å². The molecule has 1 heterocycles. The van der Waals surface area contributed by atoms with E-state index in [-0.39, 0.29) is 11.4 Å². The second kappa shape index (κ2) is 5.06. The number of carboxylic acids is 1. The van der Waals surface area contributed by atoms with E-state index in [0.29, 0.717) is 0 Å². The van der Waals surface area contributed by atoms with Crippen LogP contribution in [0.3, 0.4) is 0 Å². The number of nitrogens with zero attached hydrogens (tertiary/aromatic N) is 2. The minimum absolute atomic E-state index is 0.0104. The number of benzene rings is 1. The van der Waals surface area contributed by atoms with E-state index in [2.05, 4.69) is 4.98 Å². The number of carboxylic acid groups (broad SMARTS) is 1. The lowest BCUT2D eigenvalue weighted by atomic mass is 10.2. The van der Waals surface area contributed by atoms with Gasteiger partial charge in [-0.15, -0.1) is 0 Å². The van der Waals surface area contributed by atoms with Gasteiger partial charge >= 0.3 is 5.97 Å². The number of anilines is 2. The van der Waals surface area contributed by atoms with Gasteiger partial charge in [0.15, 0.2) is 11.6 Å². The number of aryl methyl sites for hydroxylation is 1. The molecule has 0 spiro atoms. The fourth-order valence-electron chi connectivity index (χ4n) is 1.72. The first-order chi connectivity index (χ1) is 9.00. The van der Waals surface area contributed by atoms with E-state index in [1.807, 2.05) is 31.2 Å². The Morgan fingerprint density at radius 2 is 1.89 bits per heavy atom. The third-order valence-electron chi connectivity index (χ3n) is 2.84. The molecule has 1 N–H and O–H groups in total.